The van der Waals surface area contributed by atoms with Crippen LogP contribution in [0, 0.1) is 0 Å². The van der Waals surface area contributed by atoms with Gasteiger partial charge in [-0.3, -0.25) is 0 Å². The van der Waals surface area contributed by atoms with Gasteiger partial charge in [-0.05, 0) is 30.7 Å². The van der Waals surface area contributed by atoms with Crippen molar-refractivity contribution in [3.05, 3.63) is 28.8 Å². The molecule has 1 rings (SSSR count). The molecule has 0 spiro atoms. The lowest BCUT2D eigenvalue weighted by molar-refractivity contribution is -0.132. The number of benzene rings is 1. The Kier molecular flexibility index (Phi) is 5.28. The fourth-order valence-electron chi connectivity index (χ4n) is 1.60. The van der Waals surface area contributed by atoms with E-state index >= 15 is 0 Å². The molecule has 6 heteroatoms. The molecule has 0 aromatic heterocycles. The zero-order valence-electron chi connectivity index (χ0n) is 10.1. The summed E-state index contributed by atoms with van der Waals surface area (Å²) < 4.78 is 36.4. The summed E-state index contributed by atoms with van der Waals surface area (Å²) in [6.07, 6.45) is -4.31. The molecule has 0 aliphatic heterocycles. The molecule has 102 valence electrons. The maximum atomic E-state index is 12.1. The molecule has 1 aromatic rings. The fourth-order valence-corrected chi connectivity index (χ4v) is 1.94. The molecule has 0 atom stereocenters. The van der Waals surface area contributed by atoms with Gasteiger partial charge < -0.3 is 10.6 Å². The first-order valence-electron chi connectivity index (χ1n) is 5.60. The Labute approximate surface area is 110 Å². The second kappa shape index (κ2) is 6.29. The molecule has 0 saturated heterocycles. The van der Waals surface area contributed by atoms with Crippen molar-refractivity contribution in [2.75, 3.05) is 25.0 Å². The summed E-state index contributed by atoms with van der Waals surface area (Å²) in [5, 5.41) is 0.450. The van der Waals surface area contributed by atoms with Crippen molar-refractivity contribution in [1.82, 2.24) is 0 Å². The van der Waals surface area contributed by atoms with Gasteiger partial charge in [0.2, 0.25) is 0 Å². The highest BCUT2D eigenvalue weighted by Gasteiger charge is 2.27. The Balaban J connectivity index is 2.71. The van der Waals surface area contributed by atoms with Crippen molar-refractivity contribution in [3.63, 3.8) is 0 Å². The first kappa shape index (κ1) is 15.1. The maximum absolute atomic E-state index is 12.1. The van der Waals surface area contributed by atoms with Gasteiger partial charge in [0, 0.05) is 13.6 Å². The van der Waals surface area contributed by atoms with E-state index < -0.39 is 12.6 Å². The van der Waals surface area contributed by atoms with Gasteiger partial charge in [-0.2, -0.15) is 13.2 Å². The Morgan fingerprint density at radius 3 is 2.50 bits per heavy atom. The zero-order valence-corrected chi connectivity index (χ0v) is 10.9. The number of hydrogen-bond donors (Lipinski definition) is 1. The van der Waals surface area contributed by atoms with Crippen LogP contribution in [-0.4, -0.2) is 26.3 Å². The van der Waals surface area contributed by atoms with Gasteiger partial charge in [-0.15, -0.1) is 0 Å². The molecule has 0 aliphatic carbocycles. The molecule has 2 N–H and O–H groups in total. The molecule has 0 heterocycles. The molecular formula is C12H16ClF3N2. The van der Waals surface area contributed by atoms with Crippen LogP contribution < -0.4 is 10.6 Å². The molecule has 0 fully saturated rings. The first-order chi connectivity index (χ1) is 8.33. The third-order valence-electron chi connectivity index (χ3n) is 2.59. The standard InChI is InChI=1S/C12H16ClF3N2/c1-18(7-5-12(14,15)16)11-3-2-9(4-6-17)8-10(11)13/h2-3,8H,4-7,17H2,1H3. The van der Waals surface area contributed by atoms with Gasteiger partial charge in [0.05, 0.1) is 17.1 Å². The van der Waals surface area contributed by atoms with E-state index in [0.29, 0.717) is 23.7 Å². The van der Waals surface area contributed by atoms with Gasteiger partial charge in [-0.1, -0.05) is 17.7 Å². The number of halogens is 4. The molecule has 0 radical (unpaired) electrons. The van der Waals surface area contributed by atoms with Gasteiger partial charge in [0.15, 0.2) is 0 Å². The van der Waals surface area contributed by atoms with E-state index in [0.717, 1.165) is 5.56 Å². The third-order valence-corrected chi connectivity index (χ3v) is 2.89. The van der Waals surface area contributed by atoms with Crippen LogP contribution in [0.2, 0.25) is 5.02 Å². The van der Waals surface area contributed by atoms with Crippen LogP contribution in [0.3, 0.4) is 0 Å². The predicted octanol–water partition coefficient (Wildman–Crippen LogP) is 3.23. The fraction of sp³-hybridized carbons (Fsp3) is 0.500. The molecule has 0 unspecified atom stereocenters. The van der Waals surface area contributed by atoms with E-state index in [4.69, 9.17) is 17.3 Å². The average Bonchev–Trinajstić information content (AvgIpc) is 2.25. The van der Waals surface area contributed by atoms with E-state index in [1.807, 2.05) is 6.07 Å². The summed E-state index contributed by atoms with van der Waals surface area (Å²) in [6, 6.07) is 5.30. The van der Waals surface area contributed by atoms with E-state index in [2.05, 4.69) is 0 Å². The molecule has 0 bridgehead atoms. The smallest absolute Gasteiger partial charge is 0.373 e. The van der Waals surface area contributed by atoms with Crippen LogP contribution >= 0.6 is 11.6 Å². The first-order valence-corrected chi connectivity index (χ1v) is 5.97. The second-order valence-electron chi connectivity index (χ2n) is 4.11. The average molecular weight is 281 g/mol. The topological polar surface area (TPSA) is 29.3 Å². The normalized spacial score (nSPS) is 11.7. The van der Waals surface area contributed by atoms with Crippen molar-refractivity contribution < 1.29 is 13.2 Å². The molecule has 2 nitrogen and oxygen atoms in total. The Bertz CT molecular complexity index is 393. The number of hydrogen-bond acceptors (Lipinski definition) is 2. The van der Waals surface area contributed by atoms with Crippen molar-refractivity contribution in [1.29, 1.82) is 0 Å². The highest BCUT2D eigenvalue weighted by Crippen LogP contribution is 2.28. The van der Waals surface area contributed by atoms with Crippen molar-refractivity contribution in [3.8, 4) is 0 Å². The number of anilines is 1. The van der Waals surface area contributed by atoms with E-state index in [-0.39, 0.29) is 6.54 Å². The lowest BCUT2D eigenvalue weighted by Crippen LogP contribution is -2.24. The van der Waals surface area contributed by atoms with E-state index in [9.17, 15) is 13.2 Å². The minimum atomic E-state index is -4.15. The minimum Gasteiger partial charge on any atom is -0.373 e. The number of alkyl halides is 3. The van der Waals surface area contributed by atoms with Gasteiger partial charge in [0.1, 0.15) is 0 Å². The second-order valence-corrected chi connectivity index (χ2v) is 4.52. The SMILES string of the molecule is CN(CCC(F)(F)F)c1ccc(CCN)cc1Cl. The highest BCUT2D eigenvalue weighted by molar-refractivity contribution is 6.33. The van der Waals surface area contributed by atoms with Crippen LogP contribution in [0.25, 0.3) is 0 Å². The van der Waals surface area contributed by atoms with Crippen molar-refractivity contribution >= 4 is 17.3 Å². The summed E-state index contributed by atoms with van der Waals surface area (Å²) in [6.45, 7) is 0.402. The summed E-state index contributed by atoms with van der Waals surface area (Å²) >= 11 is 6.05. The molecule has 0 aliphatic rings. The van der Waals surface area contributed by atoms with Crippen LogP contribution in [0.5, 0.6) is 0 Å². The largest absolute Gasteiger partial charge is 0.390 e. The molecule has 1 aromatic carbocycles. The molecule has 0 saturated carbocycles. The molecule has 0 amide bonds. The van der Waals surface area contributed by atoms with E-state index in [1.165, 1.54) is 4.90 Å². The quantitative estimate of drug-likeness (QED) is 0.897. The Morgan fingerprint density at radius 1 is 1.33 bits per heavy atom. The van der Waals surface area contributed by atoms with Crippen LogP contribution in [-0.2, 0) is 6.42 Å². The lowest BCUT2D eigenvalue weighted by Gasteiger charge is -2.21. The summed E-state index contributed by atoms with van der Waals surface area (Å²) in [7, 11) is 1.59. The van der Waals surface area contributed by atoms with Gasteiger partial charge in [0.25, 0.3) is 0 Å². The number of nitrogens with zero attached hydrogens (tertiary/aromatic N) is 1. The Hall–Kier alpha value is -0.940. The predicted molar refractivity (Wildman–Crippen MR) is 68.2 cm³/mol. The highest BCUT2D eigenvalue weighted by atomic mass is 35.5. The number of nitrogens with two attached hydrogens (primary N) is 1. The Morgan fingerprint density at radius 2 is 2.00 bits per heavy atom. The monoisotopic (exact) mass is 280 g/mol. The third kappa shape index (κ3) is 4.74. The molecular weight excluding hydrogens is 265 g/mol. The lowest BCUT2D eigenvalue weighted by atomic mass is 10.1. The van der Waals surface area contributed by atoms with Crippen molar-refractivity contribution in [2.45, 2.75) is 19.0 Å². The van der Waals surface area contributed by atoms with Crippen LogP contribution in [0.15, 0.2) is 18.2 Å². The van der Waals surface area contributed by atoms with Crippen LogP contribution in [0.1, 0.15) is 12.0 Å². The van der Waals surface area contributed by atoms with Crippen LogP contribution in [0.4, 0.5) is 18.9 Å². The zero-order chi connectivity index (χ0) is 13.8. The molecule has 18 heavy (non-hydrogen) atoms. The summed E-state index contributed by atoms with van der Waals surface area (Å²) in [5.74, 6) is 0. The number of rotatable bonds is 5. The van der Waals surface area contributed by atoms with Gasteiger partial charge >= 0.3 is 6.18 Å². The summed E-state index contributed by atoms with van der Waals surface area (Å²) in [5.41, 5.74) is 7.01. The summed E-state index contributed by atoms with van der Waals surface area (Å²) in [4.78, 5) is 1.50. The maximum Gasteiger partial charge on any atom is 0.390 e. The van der Waals surface area contributed by atoms with E-state index in [1.54, 1.807) is 19.2 Å². The minimum absolute atomic E-state index is 0.112. The van der Waals surface area contributed by atoms with Gasteiger partial charge in [-0.25, -0.2) is 0 Å². The van der Waals surface area contributed by atoms with Crippen molar-refractivity contribution in [2.24, 2.45) is 5.73 Å².